The van der Waals surface area contributed by atoms with E-state index in [1.165, 1.54) is 27.8 Å². The van der Waals surface area contributed by atoms with Crippen molar-refractivity contribution < 1.29 is 0 Å². The van der Waals surface area contributed by atoms with E-state index >= 15 is 0 Å². The van der Waals surface area contributed by atoms with E-state index in [0.717, 1.165) is 11.5 Å². The third-order valence-electron chi connectivity index (χ3n) is 3.87. The van der Waals surface area contributed by atoms with Gasteiger partial charge in [-0.2, -0.15) is 0 Å². The Labute approximate surface area is 136 Å². The van der Waals surface area contributed by atoms with Crippen LogP contribution in [0, 0.1) is 13.8 Å². The molecule has 2 aromatic carbocycles. The van der Waals surface area contributed by atoms with E-state index in [4.69, 9.17) is 0 Å². The van der Waals surface area contributed by atoms with E-state index in [0.29, 0.717) is 4.58 Å². The van der Waals surface area contributed by atoms with Gasteiger partial charge in [0.25, 0.3) is 0 Å². The Kier molecular flexibility index (Phi) is 4.77. The molecule has 0 saturated heterocycles. The number of hydrogen-bond acceptors (Lipinski definition) is 2. The van der Waals surface area contributed by atoms with Crippen LogP contribution in [0.25, 0.3) is 6.08 Å². The molecule has 1 heterocycles. The Hall–Kier alpha value is -1.12. The predicted molar refractivity (Wildman–Crippen MR) is 97.8 cm³/mol. The number of hydrogen-bond donors (Lipinski definition) is 0. The van der Waals surface area contributed by atoms with Gasteiger partial charge in [-0.15, -0.1) is 23.5 Å². The molecule has 0 amide bonds. The molecule has 0 N–H and O–H groups in total. The monoisotopic (exact) mass is 312 g/mol. The SMILES string of the molecule is Cc1cc2c(cc1C)CSC(/C=C/c1ccccc1)SC2. The van der Waals surface area contributed by atoms with Crippen LogP contribution in [-0.2, 0) is 11.5 Å². The fourth-order valence-electron chi connectivity index (χ4n) is 2.46. The van der Waals surface area contributed by atoms with E-state index in [-0.39, 0.29) is 0 Å². The Morgan fingerprint density at radius 2 is 1.48 bits per heavy atom. The highest BCUT2D eigenvalue weighted by atomic mass is 32.2. The fourth-order valence-corrected chi connectivity index (χ4v) is 4.86. The topological polar surface area (TPSA) is 0 Å². The van der Waals surface area contributed by atoms with Crippen molar-refractivity contribution >= 4 is 29.6 Å². The molecular formula is C19H20S2. The maximum absolute atomic E-state index is 2.38. The van der Waals surface area contributed by atoms with Gasteiger partial charge in [0, 0.05) is 11.5 Å². The van der Waals surface area contributed by atoms with Crippen LogP contribution in [0.5, 0.6) is 0 Å². The molecule has 0 bridgehead atoms. The third-order valence-corrected chi connectivity index (χ3v) is 6.61. The van der Waals surface area contributed by atoms with E-state index < -0.39 is 0 Å². The van der Waals surface area contributed by atoms with Crippen LogP contribution in [0.1, 0.15) is 27.8 Å². The van der Waals surface area contributed by atoms with Crippen molar-refractivity contribution in [3.05, 3.63) is 76.4 Å². The van der Waals surface area contributed by atoms with Crippen molar-refractivity contribution in [1.29, 1.82) is 0 Å². The molecule has 0 atom stereocenters. The largest absolute Gasteiger partial charge is 0.139 e. The summed E-state index contributed by atoms with van der Waals surface area (Å²) in [5, 5.41) is 0. The van der Waals surface area contributed by atoms with Crippen molar-refractivity contribution in [2.45, 2.75) is 29.9 Å². The second-order valence-electron chi connectivity index (χ2n) is 5.47. The van der Waals surface area contributed by atoms with Crippen molar-refractivity contribution in [2.75, 3.05) is 0 Å². The van der Waals surface area contributed by atoms with Crippen LogP contribution < -0.4 is 0 Å². The zero-order valence-electron chi connectivity index (χ0n) is 12.5. The van der Waals surface area contributed by atoms with Crippen molar-refractivity contribution in [2.24, 2.45) is 0 Å². The normalized spacial score (nSPS) is 15.9. The summed E-state index contributed by atoms with van der Waals surface area (Å²) < 4.78 is 0.540. The Bertz CT molecular complexity index is 611. The molecule has 1 aliphatic rings. The molecule has 108 valence electrons. The summed E-state index contributed by atoms with van der Waals surface area (Å²) in [5.74, 6) is 2.24. The Morgan fingerprint density at radius 1 is 0.905 bits per heavy atom. The molecule has 1 aliphatic heterocycles. The fraction of sp³-hybridized carbons (Fsp3) is 0.263. The summed E-state index contributed by atoms with van der Waals surface area (Å²) in [7, 11) is 0. The minimum Gasteiger partial charge on any atom is -0.139 e. The van der Waals surface area contributed by atoms with Crippen LogP contribution in [0.3, 0.4) is 0 Å². The summed E-state index contributed by atoms with van der Waals surface area (Å²) in [6.07, 6.45) is 4.59. The minimum absolute atomic E-state index is 0.540. The van der Waals surface area contributed by atoms with Crippen LogP contribution in [0.2, 0.25) is 0 Å². The second kappa shape index (κ2) is 6.76. The van der Waals surface area contributed by atoms with Crippen LogP contribution in [0.15, 0.2) is 48.5 Å². The first-order chi connectivity index (χ1) is 10.2. The maximum atomic E-state index is 2.38. The standard InChI is InChI=1S/C19H20S2/c1-14-10-17-12-20-19(21-13-18(17)11-15(14)2)9-8-16-6-4-3-5-7-16/h3-11,19H,12-13H2,1-2H3/b9-8+. The molecule has 0 aliphatic carbocycles. The lowest BCUT2D eigenvalue weighted by Crippen LogP contribution is -1.92. The molecule has 0 aromatic heterocycles. The summed E-state index contributed by atoms with van der Waals surface area (Å²) in [5.41, 5.74) is 7.15. The van der Waals surface area contributed by atoms with Crippen LogP contribution in [-0.4, -0.2) is 4.58 Å². The molecule has 2 aromatic rings. The van der Waals surface area contributed by atoms with Gasteiger partial charge in [0.2, 0.25) is 0 Å². The summed E-state index contributed by atoms with van der Waals surface area (Å²) in [4.78, 5) is 0. The molecule has 21 heavy (non-hydrogen) atoms. The van der Waals surface area contributed by atoms with E-state index in [9.17, 15) is 0 Å². The van der Waals surface area contributed by atoms with Gasteiger partial charge in [-0.25, -0.2) is 0 Å². The highest BCUT2D eigenvalue weighted by Crippen LogP contribution is 2.37. The second-order valence-corrected chi connectivity index (χ2v) is 8.02. The smallest absolute Gasteiger partial charge is 0.0692 e. The molecule has 3 rings (SSSR count). The van der Waals surface area contributed by atoms with E-state index in [2.05, 4.69) is 68.5 Å². The van der Waals surface area contributed by atoms with Gasteiger partial charge in [0.15, 0.2) is 0 Å². The molecule has 0 unspecified atom stereocenters. The number of fused-ring (bicyclic) bond motifs is 1. The Morgan fingerprint density at radius 3 is 2.05 bits per heavy atom. The number of thioether (sulfide) groups is 2. The van der Waals surface area contributed by atoms with Gasteiger partial charge in [-0.1, -0.05) is 54.6 Å². The number of rotatable bonds is 2. The van der Waals surface area contributed by atoms with Gasteiger partial charge in [0.05, 0.1) is 4.58 Å². The van der Waals surface area contributed by atoms with Crippen molar-refractivity contribution in [3.63, 3.8) is 0 Å². The van der Waals surface area contributed by atoms with Gasteiger partial charge in [-0.05, 0) is 41.7 Å². The van der Waals surface area contributed by atoms with Crippen molar-refractivity contribution in [1.82, 2.24) is 0 Å². The average Bonchev–Trinajstić information content (AvgIpc) is 2.69. The van der Waals surface area contributed by atoms with Gasteiger partial charge >= 0.3 is 0 Å². The summed E-state index contributed by atoms with van der Waals surface area (Å²) in [6.45, 7) is 4.43. The average molecular weight is 313 g/mol. The van der Waals surface area contributed by atoms with E-state index in [1.807, 2.05) is 23.5 Å². The lowest BCUT2D eigenvalue weighted by molar-refractivity contribution is 1.22. The minimum atomic E-state index is 0.540. The molecule has 0 spiro atoms. The predicted octanol–water partition coefficient (Wildman–Crippen LogP) is 5.82. The quantitative estimate of drug-likeness (QED) is 0.685. The lowest BCUT2D eigenvalue weighted by atomic mass is 10.0. The molecule has 2 heteroatoms. The van der Waals surface area contributed by atoms with E-state index in [1.54, 1.807) is 0 Å². The first-order valence-electron chi connectivity index (χ1n) is 7.28. The van der Waals surface area contributed by atoms with Crippen molar-refractivity contribution in [3.8, 4) is 0 Å². The molecule has 0 saturated carbocycles. The lowest BCUT2D eigenvalue weighted by Gasteiger charge is -2.08. The van der Waals surface area contributed by atoms with Crippen LogP contribution >= 0.6 is 23.5 Å². The summed E-state index contributed by atoms with van der Waals surface area (Å²) >= 11 is 4.07. The van der Waals surface area contributed by atoms with Gasteiger partial charge in [0.1, 0.15) is 0 Å². The highest BCUT2D eigenvalue weighted by molar-refractivity contribution is 8.16. The Balaban J connectivity index is 1.71. The zero-order valence-corrected chi connectivity index (χ0v) is 14.1. The highest BCUT2D eigenvalue weighted by Gasteiger charge is 2.15. The van der Waals surface area contributed by atoms with Crippen LogP contribution in [0.4, 0.5) is 0 Å². The van der Waals surface area contributed by atoms with Gasteiger partial charge in [-0.3, -0.25) is 0 Å². The molecule has 0 nitrogen and oxygen atoms in total. The van der Waals surface area contributed by atoms with Gasteiger partial charge < -0.3 is 0 Å². The third kappa shape index (κ3) is 3.75. The number of benzene rings is 2. The molecular weight excluding hydrogens is 292 g/mol. The number of aryl methyl sites for hydroxylation is 2. The first kappa shape index (κ1) is 14.8. The molecule has 0 radical (unpaired) electrons. The molecule has 0 fully saturated rings. The first-order valence-corrected chi connectivity index (χ1v) is 9.37. The summed E-state index contributed by atoms with van der Waals surface area (Å²) in [6, 6.07) is 15.3. The zero-order chi connectivity index (χ0) is 14.7. The maximum Gasteiger partial charge on any atom is 0.0692 e.